The van der Waals surface area contributed by atoms with Gasteiger partial charge in [-0.2, -0.15) is 0 Å². The SMILES string of the molecule is CCNC(=NCc1ccccc1CN1CCCC1=O)NCCOCCC(C)C. The molecule has 0 aliphatic carbocycles. The van der Waals surface area contributed by atoms with Crippen molar-refractivity contribution in [3.63, 3.8) is 0 Å². The molecule has 1 aromatic carbocycles. The van der Waals surface area contributed by atoms with E-state index in [0.29, 0.717) is 32.0 Å². The summed E-state index contributed by atoms with van der Waals surface area (Å²) in [6.45, 7) is 11.6. The number of guanidine groups is 1. The molecule has 6 nitrogen and oxygen atoms in total. The summed E-state index contributed by atoms with van der Waals surface area (Å²) < 4.78 is 5.66. The molecule has 0 radical (unpaired) electrons. The summed E-state index contributed by atoms with van der Waals surface area (Å²) >= 11 is 0. The molecule has 1 aliphatic rings. The number of likely N-dealkylation sites (tertiary alicyclic amines) is 1. The molecule has 0 saturated carbocycles. The van der Waals surface area contributed by atoms with Crippen molar-refractivity contribution in [2.45, 2.75) is 53.1 Å². The lowest BCUT2D eigenvalue weighted by Gasteiger charge is -2.18. The van der Waals surface area contributed by atoms with Crippen LogP contribution in [0.15, 0.2) is 29.3 Å². The van der Waals surface area contributed by atoms with Gasteiger partial charge in [0.2, 0.25) is 5.91 Å². The molecular formula is C22H36N4O2. The maximum absolute atomic E-state index is 11.9. The van der Waals surface area contributed by atoms with Gasteiger partial charge in [0.15, 0.2) is 5.96 Å². The van der Waals surface area contributed by atoms with E-state index in [-0.39, 0.29) is 5.91 Å². The number of carbonyl (C=O) groups is 1. The van der Waals surface area contributed by atoms with E-state index in [4.69, 9.17) is 9.73 Å². The quantitative estimate of drug-likeness (QED) is 0.347. The van der Waals surface area contributed by atoms with Gasteiger partial charge >= 0.3 is 0 Å². The summed E-state index contributed by atoms with van der Waals surface area (Å²) in [5.74, 6) is 1.72. The van der Waals surface area contributed by atoms with E-state index in [1.165, 1.54) is 5.56 Å². The molecule has 1 aromatic rings. The Hall–Kier alpha value is -2.08. The number of carbonyl (C=O) groups excluding carboxylic acids is 1. The van der Waals surface area contributed by atoms with Gasteiger partial charge in [-0.15, -0.1) is 0 Å². The van der Waals surface area contributed by atoms with E-state index in [2.05, 4.69) is 43.5 Å². The zero-order valence-electron chi connectivity index (χ0n) is 17.7. The third-order valence-corrected chi connectivity index (χ3v) is 4.78. The summed E-state index contributed by atoms with van der Waals surface area (Å²) in [6, 6.07) is 8.25. The third-order valence-electron chi connectivity index (χ3n) is 4.78. The van der Waals surface area contributed by atoms with Crippen LogP contribution in [0.1, 0.15) is 51.2 Å². The molecule has 1 saturated heterocycles. The average molecular weight is 389 g/mol. The predicted molar refractivity (Wildman–Crippen MR) is 114 cm³/mol. The van der Waals surface area contributed by atoms with Crippen molar-refractivity contribution >= 4 is 11.9 Å². The summed E-state index contributed by atoms with van der Waals surface area (Å²) in [5, 5.41) is 6.61. The van der Waals surface area contributed by atoms with Gasteiger partial charge in [0, 0.05) is 39.2 Å². The Morgan fingerprint density at radius 3 is 2.68 bits per heavy atom. The Morgan fingerprint density at radius 2 is 2.00 bits per heavy atom. The lowest BCUT2D eigenvalue weighted by molar-refractivity contribution is -0.128. The Balaban J connectivity index is 1.86. The second-order valence-electron chi connectivity index (χ2n) is 7.60. The first-order chi connectivity index (χ1) is 13.6. The fourth-order valence-corrected chi connectivity index (χ4v) is 3.11. The van der Waals surface area contributed by atoms with Gasteiger partial charge < -0.3 is 20.3 Å². The van der Waals surface area contributed by atoms with Crippen molar-refractivity contribution in [2.75, 3.05) is 32.8 Å². The molecule has 2 N–H and O–H groups in total. The second kappa shape index (κ2) is 12.4. The van der Waals surface area contributed by atoms with Crippen LogP contribution < -0.4 is 10.6 Å². The van der Waals surface area contributed by atoms with Crippen LogP contribution in [0.25, 0.3) is 0 Å². The Morgan fingerprint density at radius 1 is 1.21 bits per heavy atom. The van der Waals surface area contributed by atoms with Crippen molar-refractivity contribution in [3.05, 3.63) is 35.4 Å². The third kappa shape index (κ3) is 7.89. The van der Waals surface area contributed by atoms with Crippen molar-refractivity contribution in [3.8, 4) is 0 Å². The molecule has 0 unspecified atom stereocenters. The van der Waals surface area contributed by atoms with Gasteiger partial charge in [0.25, 0.3) is 0 Å². The maximum Gasteiger partial charge on any atom is 0.222 e. The Labute approximate surface area is 169 Å². The van der Waals surface area contributed by atoms with E-state index < -0.39 is 0 Å². The van der Waals surface area contributed by atoms with E-state index in [1.54, 1.807) is 0 Å². The largest absolute Gasteiger partial charge is 0.380 e. The summed E-state index contributed by atoms with van der Waals surface area (Å²) in [6.07, 6.45) is 2.73. The van der Waals surface area contributed by atoms with Gasteiger partial charge in [-0.05, 0) is 36.8 Å². The zero-order valence-corrected chi connectivity index (χ0v) is 17.7. The molecule has 1 heterocycles. The number of benzene rings is 1. The molecule has 2 rings (SSSR count). The van der Waals surface area contributed by atoms with E-state index >= 15 is 0 Å². The minimum absolute atomic E-state index is 0.255. The molecule has 0 spiro atoms. The van der Waals surface area contributed by atoms with Gasteiger partial charge in [-0.1, -0.05) is 38.1 Å². The first kappa shape index (κ1) is 22.2. The van der Waals surface area contributed by atoms with Crippen LogP contribution in [0.4, 0.5) is 0 Å². The number of rotatable bonds is 11. The Bertz CT molecular complexity index is 631. The minimum Gasteiger partial charge on any atom is -0.380 e. The number of hydrogen-bond donors (Lipinski definition) is 2. The predicted octanol–water partition coefficient (Wildman–Crippen LogP) is 2.93. The second-order valence-corrected chi connectivity index (χ2v) is 7.60. The fourth-order valence-electron chi connectivity index (χ4n) is 3.11. The van der Waals surface area contributed by atoms with Crippen molar-refractivity contribution in [1.29, 1.82) is 0 Å². The first-order valence-corrected chi connectivity index (χ1v) is 10.5. The fraction of sp³-hybridized carbons (Fsp3) is 0.636. The highest BCUT2D eigenvalue weighted by Crippen LogP contribution is 2.17. The van der Waals surface area contributed by atoms with Gasteiger partial charge in [-0.3, -0.25) is 4.79 Å². The summed E-state index contributed by atoms with van der Waals surface area (Å²) in [7, 11) is 0. The lowest BCUT2D eigenvalue weighted by atomic mass is 10.1. The van der Waals surface area contributed by atoms with Crippen LogP contribution in [0.3, 0.4) is 0 Å². The standard InChI is InChI=1S/C22H36N4O2/c1-4-23-22(24-12-15-28-14-11-18(2)3)25-16-19-8-5-6-9-20(19)17-26-13-7-10-21(26)27/h5-6,8-9,18H,4,7,10-17H2,1-3H3,(H2,23,24,25). The van der Waals surface area contributed by atoms with Crippen LogP contribution in [0.2, 0.25) is 0 Å². The minimum atomic E-state index is 0.255. The number of ether oxygens (including phenoxy) is 1. The van der Waals surface area contributed by atoms with Gasteiger partial charge in [0.05, 0.1) is 13.2 Å². The Kier molecular flexibility index (Phi) is 9.83. The first-order valence-electron chi connectivity index (χ1n) is 10.5. The van der Waals surface area contributed by atoms with Crippen LogP contribution in [-0.2, 0) is 22.6 Å². The molecule has 6 heteroatoms. The number of hydrogen-bond acceptors (Lipinski definition) is 3. The van der Waals surface area contributed by atoms with E-state index in [0.717, 1.165) is 50.6 Å². The topological polar surface area (TPSA) is 66.0 Å². The van der Waals surface area contributed by atoms with Crippen LogP contribution in [0, 0.1) is 5.92 Å². The molecule has 156 valence electrons. The molecule has 1 fully saturated rings. The van der Waals surface area contributed by atoms with Gasteiger partial charge in [0.1, 0.15) is 0 Å². The molecule has 0 atom stereocenters. The van der Waals surface area contributed by atoms with Crippen LogP contribution in [0.5, 0.6) is 0 Å². The van der Waals surface area contributed by atoms with Crippen molar-refractivity contribution in [2.24, 2.45) is 10.9 Å². The van der Waals surface area contributed by atoms with E-state index in [9.17, 15) is 4.79 Å². The van der Waals surface area contributed by atoms with E-state index in [1.807, 2.05) is 17.0 Å². The molecule has 0 aromatic heterocycles. The van der Waals surface area contributed by atoms with Gasteiger partial charge in [-0.25, -0.2) is 4.99 Å². The van der Waals surface area contributed by atoms with Crippen LogP contribution in [-0.4, -0.2) is 49.6 Å². The number of nitrogens with one attached hydrogen (secondary N) is 2. The zero-order chi connectivity index (χ0) is 20.2. The molecule has 0 bridgehead atoms. The van der Waals surface area contributed by atoms with Crippen molar-refractivity contribution < 1.29 is 9.53 Å². The average Bonchev–Trinajstić information content (AvgIpc) is 3.08. The number of amides is 1. The molecule has 1 amide bonds. The monoisotopic (exact) mass is 388 g/mol. The highest BCUT2D eigenvalue weighted by molar-refractivity contribution is 5.79. The van der Waals surface area contributed by atoms with Crippen molar-refractivity contribution in [1.82, 2.24) is 15.5 Å². The normalized spacial score (nSPS) is 14.8. The van der Waals surface area contributed by atoms with Crippen LogP contribution >= 0.6 is 0 Å². The smallest absolute Gasteiger partial charge is 0.222 e. The maximum atomic E-state index is 11.9. The highest BCUT2D eigenvalue weighted by atomic mass is 16.5. The lowest BCUT2D eigenvalue weighted by Crippen LogP contribution is -2.39. The summed E-state index contributed by atoms with van der Waals surface area (Å²) in [5.41, 5.74) is 2.34. The molecule has 28 heavy (non-hydrogen) atoms. The molecule has 1 aliphatic heterocycles. The number of nitrogens with zero attached hydrogens (tertiary/aromatic N) is 2. The molecular weight excluding hydrogens is 352 g/mol. The number of aliphatic imine (C=N–C) groups is 1. The highest BCUT2D eigenvalue weighted by Gasteiger charge is 2.20. The summed E-state index contributed by atoms with van der Waals surface area (Å²) in [4.78, 5) is 18.6.